The molecule has 0 spiro atoms. The number of carbonyl (C=O) groups is 2. The standard InChI is InChI=1S/C11H21NO6S/c1-4-11(5-2,10(14)15)12-19(16,17)8-6-7-9(13)18-3/h12H,4-8H2,1-3H3,(H,14,15). The summed E-state index contributed by atoms with van der Waals surface area (Å²) in [5.74, 6) is -2.00. The van der Waals surface area contributed by atoms with Crippen LogP contribution in [0, 0.1) is 0 Å². The van der Waals surface area contributed by atoms with E-state index >= 15 is 0 Å². The Morgan fingerprint density at radius 2 is 1.79 bits per heavy atom. The third kappa shape index (κ3) is 5.56. The fourth-order valence-electron chi connectivity index (χ4n) is 1.60. The zero-order chi connectivity index (χ0) is 15.1. The second kappa shape index (κ2) is 7.44. The van der Waals surface area contributed by atoms with Gasteiger partial charge < -0.3 is 9.84 Å². The molecule has 0 aromatic carbocycles. The summed E-state index contributed by atoms with van der Waals surface area (Å²) in [6.45, 7) is 3.21. The molecule has 0 aliphatic rings. The summed E-state index contributed by atoms with van der Waals surface area (Å²) in [5.41, 5.74) is -1.48. The number of nitrogens with one attached hydrogen (secondary N) is 1. The van der Waals surface area contributed by atoms with E-state index in [1.807, 2.05) is 0 Å². The van der Waals surface area contributed by atoms with Gasteiger partial charge in [0.2, 0.25) is 10.0 Å². The van der Waals surface area contributed by atoms with Gasteiger partial charge in [0.15, 0.2) is 0 Å². The van der Waals surface area contributed by atoms with Crippen LogP contribution in [0.4, 0.5) is 0 Å². The van der Waals surface area contributed by atoms with Gasteiger partial charge >= 0.3 is 11.9 Å². The Morgan fingerprint density at radius 1 is 1.26 bits per heavy atom. The molecule has 0 amide bonds. The van der Waals surface area contributed by atoms with Gasteiger partial charge in [-0.3, -0.25) is 9.59 Å². The number of hydrogen-bond donors (Lipinski definition) is 2. The maximum Gasteiger partial charge on any atom is 0.324 e. The lowest BCUT2D eigenvalue weighted by molar-refractivity contribution is -0.144. The summed E-state index contributed by atoms with van der Waals surface area (Å²) in [5, 5.41) is 9.14. The molecule has 0 atom stereocenters. The van der Waals surface area contributed by atoms with Crippen molar-refractivity contribution in [2.75, 3.05) is 12.9 Å². The van der Waals surface area contributed by atoms with Gasteiger partial charge in [0, 0.05) is 6.42 Å². The number of ether oxygens (including phenoxy) is 1. The topological polar surface area (TPSA) is 110 Å². The number of carboxylic acid groups (broad SMARTS) is 1. The van der Waals surface area contributed by atoms with Crippen molar-refractivity contribution in [3.8, 4) is 0 Å². The Morgan fingerprint density at radius 3 is 2.16 bits per heavy atom. The molecule has 0 unspecified atom stereocenters. The summed E-state index contributed by atoms with van der Waals surface area (Å²) in [6, 6.07) is 0. The third-order valence-electron chi connectivity index (χ3n) is 2.99. The average Bonchev–Trinajstić information content (AvgIpc) is 2.35. The normalized spacial score (nSPS) is 12.2. The van der Waals surface area contributed by atoms with E-state index < -0.39 is 27.5 Å². The largest absolute Gasteiger partial charge is 0.480 e. The van der Waals surface area contributed by atoms with E-state index in [0.29, 0.717) is 0 Å². The number of sulfonamides is 1. The Hall–Kier alpha value is -1.15. The summed E-state index contributed by atoms with van der Waals surface area (Å²) in [4.78, 5) is 22.1. The summed E-state index contributed by atoms with van der Waals surface area (Å²) in [6.07, 6.45) is 0.366. The van der Waals surface area contributed by atoms with Crippen molar-refractivity contribution < 1.29 is 27.9 Å². The minimum atomic E-state index is -3.75. The molecule has 0 saturated carbocycles. The molecule has 8 heteroatoms. The Kier molecular flexibility index (Phi) is 6.99. The lowest BCUT2D eigenvalue weighted by Gasteiger charge is -2.27. The van der Waals surface area contributed by atoms with Gasteiger partial charge in [-0.15, -0.1) is 0 Å². The van der Waals surface area contributed by atoms with Crippen LogP contribution in [0.5, 0.6) is 0 Å². The van der Waals surface area contributed by atoms with Crippen LogP contribution in [-0.4, -0.2) is 43.9 Å². The van der Waals surface area contributed by atoms with Crippen molar-refractivity contribution in [1.29, 1.82) is 0 Å². The molecule has 7 nitrogen and oxygen atoms in total. The van der Waals surface area contributed by atoms with E-state index in [4.69, 9.17) is 5.11 Å². The van der Waals surface area contributed by atoms with Gasteiger partial charge in [-0.05, 0) is 19.3 Å². The lowest BCUT2D eigenvalue weighted by Crippen LogP contribution is -2.54. The number of methoxy groups -OCH3 is 1. The molecule has 0 bridgehead atoms. The van der Waals surface area contributed by atoms with Gasteiger partial charge in [0.1, 0.15) is 5.54 Å². The molecule has 0 radical (unpaired) electrons. The molecular formula is C11H21NO6S. The minimum Gasteiger partial charge on any atom is -0.480 e. The van der Waals surface area contributed by atoms with Crippen LogP contribution in [0.15, 0.2) is 0 Å². The van der Waals surface area contributed by atoms with Gasteiger partial charge in [-0.25, -0.2) is 8.42 Å². The second-order valence-corrected chi connectivity index (χ2v) is 6.04. The van der Waals surface area contributed by atoms with Crippen LogP contribution in [0.2, 0.25) is 0 Å². The SMILES string of the molecule is CCC(CC)(NS(=O)(=O)CCCC(=O)OC)C(=O)O. The quantitative estimate of drug-likeness (QED) is 0.599. The smallest absolute Gasteiger partial charge is 0.324 e. The predicted molar refractivity (Wildman–Crippen MR) is 69.1 cm³/mol. The lowest BCUT2D eigenvalue weighted by atomic mass is 9.95. The first-order chi connectivity index (χ1) is 8.73. The van der Waals surface area contributed by atoms with E-state index in [2.05, 4.69) is 9.46 Å². The highest BCUT2D eigenvalue weighted by Crippen LogP contribution is 2.17. The summed E-state index contributed by atoms with van der Waals surface area (Å²) in [7, 11) is -2.53. The predicted octanol–water partition coefficient (Wildman–Crippen LogP) is 0.502. The highest BCUT2D eigenvalue weighted by Gasteiger charge is 2.38. The molecular weight excluding hydrogens is 274 g/mol. The van der Waals surface area contributed by atoms with E-state index in [1.165, 1.54) is 7.11 Å². The molecule has 0 fully saturated rings. The highest BCUT2D eigenvalue weighted by molar-refractivity contribution is 7.89. The fraction of sp³-hybridized carbons (Fsp3) is 0.818. The maximum absolute atomic E-state index is 11.8. The van der Waals surface area contributed by atoms with Crippen molar-refractivity contribution in [3.05, 3.63) is 0 Å². The molecule has 112 valence electrons. The van der Waals surface area contributed by atoms with Crippen LogP contribution in [0.1, 0.15) is 39.5 Å². The Bertz CT molecular complexity index is 413. The second-order valence-electron chi connectivity index (χ2n) is 4.19. The summed E-state index contributed by atoms with van der Waals surface area (Å²) < 4.78 is 30.2. The molecule has 0 rings (SSSR count). The van der Waals surface area contributed by atoms with Crippen molar-refractivity contribution in [2.24, 2.45) is 0 Å². The van der Waals surface area contributed by atoms with Crippen molar-refractivity contribution in [3.63, 3.8) is 0 Å². The van der Waals surface area contributed by atoms with Crippen molar-refractivity contribution >= 4 is 22.0 Å². The zero-order valence-corrected chi connectivity index (χ0v) is 12.2. The number of carboxylic acids is 1. The molecule has 0 aromatic rings. The fourth-order valence-corrected chi connectivity index (χ4v) is 3.20. The molecule has 19 heavy (non-hydrogen) atoms. The van der Waals surface area contributed by atoms with Gasteiger partial charge in [-0.2, -0.15) is 4.72 Å². The van der Waals surface area contributed by atoms with Gasteiger partial charge in [0.05, 0.1) is 12.9 Å². The highest BCUT2D eigenvalue weighted by atomic mass is 32.2. The van der Waals surface area contributed by atoms with Crippen LogP contribution in [0.25, 0.3) is 0 Å². The first-order valence-electron chi connectivity index (χ1n) is 6.05. The molecule has 0 heterocycles. The number of rotatable bonds is 9. The first kappa shape index (κ1) is 17.8. The molecule has 0 saturated heterocycles. The van der Waals surface area contributed by atoms with E-state index in [0.717, 1.165) is 0 Å². The average molecular weight is 295 g/mol. The number of hydrogen-bond acceptors (Lipinski definition) is 5. The first-order valence-corrected chi connectivity index (χ1v) is 7.70. The van der Waals surface area contributed by atoms with Crippen molar-refractivity contribution in [2.45, 2.75) is 45.1 Å². The molecule has 0 aromatic heterocycles. The summed E-state index contributed by atoms with van der Waals surface area (Å²) >= 11 is 0. The van der Waals surface area contributed by atoms with Crippen molar-refractivity contribution in [1.82, 2.24) is 4.72 Å². The van der Waals surface area contributed by atoms with E-state index in [1.54, 1.807) is 13.8 Å². The minimum absolute atomic E-state index is 0.0181. The zero-order valence-electron chi connectivity index (χ0n) is 11.4. The number of carbonyl (C=O) groups excluding carboxylic acids is 1. The van der Waals surface area contributed by atoms with Gasteiger partial charge in [-0.1, -0.05) is 13.8 Å². The molecule has 2 N–H and O–H groups in total. The monoisotopic (exact) mass is 295 g/mol. The third-order valence-corrected chi connectivity index (χ3v) is 4.52. The van der Waals surface area contributed by atoms with Gasteiger partial charge in [0.25, 0.3) is 0 Å². The Balaban J connectivity index is 4.66. The van der Waals surface area contributed by atoms with E-state index in [-0.39, 0.29) is 31.4 Å². The van der Waals surface area contributed by atoms with Crippen LogP contribution in [0.3, 0.4) is 0 Å². The van der Waals surface area contributed by atoms with Crippen LogP contribution in [-0.2, 0) is 24.3 Å². The van der Waals surface area contributed by atoms with E-state index in [9.17, 15) is 18.0 Å². The number of aliphatic carboxylic acids is 1. The molecule has 0 aliphatic heterocycles. The number of esters is 1. The molecule has 0 aliphatic carbocycles. The Labute approximate surface area is 113 Å². The van der Waals surface area contributed by atoms with Crippen LogP contribution >= 0.6 is 0 Å². The van der Waals surface area contributed by atoms with Crippen LogP contribution < -0.4 is 4.72 Å². The maximum atomic E-state index is 11.8.